The second-order valence-corrected chi connectivity index (χ2v) is 5.13. The molecule has 1 aromatic rings. The SMILES string of the molecule is COCCCN(CC(=O)Nc1cc(C)on1)C(=O)C(C)C. The van der Waals surface area contributed by atoms with Gasteiger partial charge in [-0.3, -0.25) is 9.59 Å². The zero-order chi connectivity index (χ0) is 15.8. The molecular formula is C14H23N3O4. The lowest BCUT2D eigenvalue weighted by molar-refractivity contribution is -0.137. The van der Waals surface area contributed by atoms with Gasteiger partial charge in [0.25, 0.3) is 0 Å². The number of aromatic nitrogens is 1. The summed E-state index contributed by atoms with van der Waals surface area (Å²) in [6, 6.07) is 1.62. The summed E-state index contributed by atoms with van der Waals surface area (Å²) in [7, 11) is 1.61. The van der Waals surface area contributed by atoms with E-state index in [2.05, 4.69) is 10.5 Å². The van der Waals surface area contributed by atoms with Crippen LogP contribution in [0.25, 0.3) is 0 Å². The summed E-state index contributed by atoms with van der Waals surface area (Å²) in [4.78, 5) is 25.6. The van der Waals surface area contributed by atoms with Crippen molar-refractivity contribution in [2.45, 2.75) is 27.2 Å². The van der Waals surface area contributed by atoms with Crippen molar-refractivity contribution in [3.63, 3.8) is 0 Å². The van der Waals surface area contributed by atoms with Crippen molar-refractivity contribution in [2.75, 3.05) is 32.1 Å². The second kappa shape index (κ2) is 8.41. The molecule has 7 heteroatoms. The van der Waals surface area contributed by atoms with Gasteiger partial charge in [-0.15, -0.1) is 0 Å². The van der Waals surface area contributed by atoms with Crippen molar-refractivity contribution in [3.8, 4) is 0 Å². The molecule has 0 saturated heterocycles. The van der Waals surface area contributed by atoms with Crippen LogP contribution in [0, 0.1) is 12.8 Å². The molecule has 1 rings (SSSR count). The molecule has 0 spiro atoms. The molecule has 0 bridgehead atoms. The van der Waals surface area contributed by atoms with Crippen LogP contribution in [-0.2, 0) is 14.3 Å². The average molecular weight is 297 g/mol. The van der Waals surface area contributed by atoms with Gasteiger partial charge in [0.1, 0.15) is 5.76 Å². The van der Waals surface area contributed by atoms with Crippen LogP contribution in [0.3, 0.4) is 0 Å². The lowest BCUT2D eigenvalue weighted by Crippen LogP contribution is -2.41. The molecular weight excluding hydrogens is 274 g/mol. The lowest BCUT2D eigenvalue weighted by Gasteiger charge is -2.23. The third-order valence-electron chi connectivity index (χ3n) is 2.81. The highest BCUT2D eigenvalue weighted by molar-refractivity contribution is 5.94. The average Bonchev–Trinajstić information content (AvgIpc) is 2.82. The topological polar surface area (TPSA) is 84.7 Å². The molecule has 0 aliphatic heterocycles. The normalized spacial score (nSPS) is 10.7. The van der Waals surface area contributed by atoms with Gasteiger partial charge in [0.2, 0.25) is 11.8 Å². The predicted molar refractivity (Wildman–Crippen MR) is 77.8 cm³/mol. The zero-order valence-electron chi connectivity index (χ0n) is 13.0. The summed E-state index contributed by atoms with van der Waals surface area (Å²) in [6.07, 6.45) is 0.686. The van der Waals surface area contributed by atoms with Gasteiger partial charge in [0.05, 0.1) is 6.54 Å². The highest BCUT2D eigenvalue weighted by atomic mass is 16.5. The number of carbonyl (C=O) groups excluding carboxylic acids is 2. The molecule has 118 valence electrons. The lowest BCUT2D eigenvalue weighted by atomic mass is 10.2. The first-order valence-corrected chi connectivity index (χ1v) is 6.95. The number of nitrogens with zero attached hydrogens (tertiary/aromatic N) is 2. The molecule has 0 atom stereocenters. The molecule has 2 amide bonds. The first kappa shape index (κ1) is 17.2. The van der Waals surface area contributed by atoms with Crippen LogP contribution in [-0.4, -0.2) is 48.7 Å². The molecule has 0 unspecified atom stereocenters. The third-order valence-corrected chi connectivity index (χ3v) is 2.81. The van der Waals surface area contributed by atoms with Crippen LogP contribution in [0.1, 0.15) is 26.0 Å². The molecule has 1 heterocycles. The maximum absolute atomic E-state index is 12.1. The Morgan fingerprint density at radius 3 is 2.71 bits per heavy atom. The Morgan fingerprint density at radius 1 is 1.48 bits per heavy atom. The van der Waals surface area contributed by atoms with Crippen LogP contribution in [0.5, 0.6) is 0 Å². The smallest absolute Gasteiger partial charge is 0.245 e. The highest BCUT2D eigenvalue weighted by Crippen LogP contribution is 2.08. The Kier molecular flexibility index (Phi) is 6.87. The van der Waals surface area contributed by atoms with E-state index in [-0.39, 0.29) is 24.3 Å². The number of hydrogen-bond acceptors (Lipinski definition) is 5. The van der Waals surface area contributed by atoms with Crippen molar-refractivity contribution >= 4 is 17.6 Å². The molecule has 21 heavy (non-hydrogen) atoms. The van der Waals surface area contributed by atoms with E-state index in [1.807, 2.05) is 13.8 Å². The minimum absolute atomic E-state index is 0.00731. The monoisotopic (exact) mass is 297 g/mol. The summed E-state index contributed by atoms with van der Waals surface area (Å²) in [5, 5.41) is 6.30. The number of carbonyl (C=O) groups is 2. The molecule has 1 aromatic heterocycles. The van der Waals surface area contributed by atoms with E-state index in [1.54, 1.807) is 20.1 Å². The van der Waals surface area contributed by atoms with Crippen LogP contribution in [0.2, 0.25) is 0 Å². The number of anilines is 1. The van der Waals surface area contributed by atoms with E-state index >= 15 is 0 Å². The van der Waals surface area contributed by atoms with E-state index in [1.165, 1.54) is 4.90 Å². The van der Waals surface area contributed by atoms with Gasteiger partial charge >= 0.3 is 0 Å². The fourth-order valence-electron chi connectivity index (χ4n) is 1.81. The number of nitrogens with one attached hydrogen (secondary N) is 1. The molecule has 1 N–H and O–H groups in total. The summed E-state index contributed by atoms with van der Waals surface area (Å²) in [6.45, 7) is 6.38. The van der Waals surface area contributed by atoms with Gasteiger partial charge < -0.3 is 19.5 Å². The Balaban J connectivity index is 2.57. The van der Waals surface area contributed by atoms with Crippen molar-refractivity contribution in [2.24, 2.45) is 5.92 Å². The molecule has 0 aliphatic carbocycles. The van der Waals surface area contributed by atoms with Crippen LogP contribution in [0.4, 0.5) is 5.82 Å². The van der Waals surface area contributed by atoms with Crippen LogP contribution < -0.4 is 5.32 Å². The fraction of sp³-hybridized carbons (Fsp3) is 0.643. The minimum Gasteiger partial charge on any atom is -0.385 e. The van der Waals surface area contributed by atoms with Crippen LogP contribution in [0.15, 0.2) is 10.6 Å². The first-order chi connectivity index (χ1) is 9.93. The van der Waals surface area contributed by atoms with E-state index in [0.29, 0.717) is 31.2 Å². The first-order valence-electron chi connectivity index (χ1n) is 6.95. The summed E-state index contributed by atoms with van der Waals surface area (Å²) >= 11 is 0. The molecule has 0 radical (unpaired) electrons. The van der Waals surface area contributed by atoms with Gasteiger partial charge in [-0.1, -0.05) is 19.0 Å². The highest BCUT2D eigenvalue weighted by Gasteiger charge is 2.20. The van der Waals surface area contributed by atoms with Crippen molar-refractivity contribution in [1.29, 1.82) is 0 Å². The fourth-order valence-corrected chi connectivity index (χ4v) is 1.81. The number of hydrogen-bond donors (Lipinski definition) is 1. The maximum atomic E-state index is 12.1. The van der Waals surface area contributed by atoms with Gasteiger partial charge in [0, 0.05) is 32.2 Å². The van der Waals surface area contributed by atoms with E-state index in [0.717, 1.165) is 0 Å². The number of rotatable bonds is 8. The van der Waals surface area contributed by atoms with E-state index < -0.39 is 0 Å². The minimum atomic E-state index is -0.297. The molecule has 0 aliphatic rings. The predicted octanol–water partition coefficient (Wildman–Crippen LogP) is 1.44. The molecule has 0 saturated carbocycles. The summed E-state index contributed by atoms with van der Waals surface area (Å²) in [5.74, 6) is 0.453. The third kappa shape index (κ3) is 5.95. The van der Waals surface area contributed by atoms with Crippen LogP contribution >= 0.6 is 0 Å². The number of aryl methyl sites for hydroxylation is 1. The maximum Gasteiger partial charge on any atom is 0.245 e. The number of methoxy groups -OCH3 is 1. The van der Waals surface area contributed by atoms with E-state index in [9.17, 15) is 9.59 Å². The number of amides is 2. The Labute approximate surface area is 124 Å². The Morgan fingerprint density at radius 2 is 2.19 bits per heavy atom. The van der Waals surface area contributed by atoms with Gasteiger partial charge in [-0.2, -0.15) is 0 Å². The number of ether oxygens (including phenoxy) is 1. The Bertz CT molecular complexity index is 471. The summed E-state index contributed by atoms with van der Waals surface area (Å²) < 4.78 is 9.85. The standard InChI is InChI=1S/C14H23N3O4/c1-10(2)14(19)17(6-5-7-20-4)9-13(18)15-12-8-11(3)21-16-12/h8,10H,5-7,9H2,1-4H3,(H,15,16,18). The molecule has 0 fully saturated rings. The Hall–Kier alpha value is -1.89. The van der Waals surface area contributed by atoms with Gasteiger partial charge in [-0.05, 0) is 13.3 Å². The summed E-state index contributed by atoms with van der Waals surface area (Å²) in [5.41, 5.74) is 0. The van der Waals surface area contributed by atoms with Crippen molar-refractivity contribution < 1.29 is 18.8 Å². The van der Waals surface area contributed by atoms with Gasteiger partial charge in [0.15, 0.2) is 5.82 Å². The van der Waals surface area contributed by atoms with Gasteiger partial charge in [-0.25, -0.2) is 0 Å². The van der Waals surface area contributed by atoms with Crippen molar-refractivity contribution in [3.05, 3.63) is 11.8 Å². The van der Waals surface area contributed by atoms with Crippen molar-refractivity contribution in [1.82, 2.24) is 10.1 Å². The molecule has 0 aromatic carbocycles. The molecule has 7 nitrogen and oxygen atoms in total. The van der Waals surface area contributed by atoms with E-state index in [4.69, 9.17) is 9.26 Å². The second-order valence-electron chi connectivity index (χ2n) is 5.13. The largest absolute Gasteiger partial charge is 0.385 e. The quantitative estimate of drug-likeness (QED) is 0.734. The zero-order valence-corrected chi connectivity index (χ0v) is 13.0.